The third kappa shape index (κ3) is 3.06. The summed E-state index contributed by atoms with van der Waals surface area (Å²) in [6.07, 6.45) is 1.60. The highest BCUT2D eigenvalue weighted by Crippen LogP contribution is 2.27. The first-order valence-corrected chi connectivity index (χ1v) is 6.99. The highest BCUT2D eigenvalue weighted by atomic mass is 16.5. The molecule has 1 heterocycles. The Hall–Kier alpha value is -2.88. The fourth-order valence-corrected chi connectivity index (χ4v) is 2.38. The molecular weight excluding hydrogens is 278 g/mol. The number of ether oxygens (including phenoxy) is 1. The maximum Gasteiger partial charge on any atom is 0.307 e. The number of benzene rings is 2. The van der Waals surface area contributed by atoms with Gasteiger partial charge in [0, 0.05) is 11.6 Å². The van der Waals surface area contributed by atoms with E-state index in [1.54, 1.807) is 18.3 Å². The van der Waals surface area contributed by atoms with Crippen LogP contribution in [-0.4, -0.2) is 16.1 Å². The number of carbonyl (C=O) groups is 1. The average Bonchev–Trinajstić information content (AvgIpc) is 2.54. The first-order chi connectivity index (χ1) is 10.7. The van der Waals surface area contributed by atoms with Gasteiger partial charge in [0.15, 0.2) is 0 Å². The minimum absolute atomic E-state index is 0.0491. The van der Waals surface area contributed by atoms with Gasteiger partial charge in [0.1, 0.15) is 12.4 Å². The Balaban J connectivity index is 1.92. The molecule has 0 amide bonds. The van der Waals surface area contributed by atoms with Crippen LogP contribution in [0.3, 0.4) is 0 Å². The molecule has 110 valence electrons. The molecule has 22 heavy (non-hydrogen) atoms. The number of nitrogens with zero attached hydrogens (tertiary/aromatic N) is 1. The summed E-state index contributed by atoms with van der Waals surface area (Å²) >= 11 is 0. The summed E-state index contributed by atoms with van der Waals surface area (Å²) in [4.78, 5) is 15.3. The maximum atomic E-state index is 10.9. The Morgan fingerprint density at radius 1 is 1.05 bits per heavy atom. The lowest BCUT2D eigenvalue weighted by Crippen LogP contribution is -2.02. The molecule has 4 heteroatoms. The molecule has 0 aliphatic carbocycles. The minimum atomic E-state index is -0.870. The predicted octanol–water partition coefficient (Wildman–Crippen LogP) is 3.44. The van der Waals surface area contributed by atoms with Crippen molar-refractivity contribution in [3.63, 3.8) is 0 Å². The van der Waals surface area contributed by atoms with Gasteiger partial charge in [-0.3, -0.25) is 9.78 Å². The van der Waals surface area contributed by atoms with Crippen LogP contribution >= 0.6 is 0 Å². The molecule has 0 saturated carbocycles. The number of carboxylic acids is 1. The highest BCUT2D eigenvalue weighted by Gasteiger charge is 2.10. The van der Waals surface area contributed by atoms with E-state index in [9.17, 15) is 4.79 Å². The monoisotopic (exact) mass is 293 g/mol. The van der Waals surface area contributed by atoms with Crippen LogP contribution in [0.25, 0.3) is 10.9 Å². The first-order valence-electron chi connectivity index (χ1n) is 6.99. The third-order valence-electron chi connectivity index (χ3n) is 3.39. The summed E-state index contributed by atoms with van der Waals surface area (Å²) < 4.78 is 5.88. The number of carboxylic acid groups (broad SMARTS) is 1. The van der Waals surface area contributed by atoms with Gasteiger partial charge < -0.3 is 9.84 Å². The van der Waals surface area contributed by atoms with Gasteiger partial charge in [0.25, 0.3) is 0 Å². The van der Waals surface area contributed by atoms with E-state index in [4.69, 9.17) is 9.84 Å². The number of rotatable bonds is 5. The van der Waals surface area contributed by atoms with E-state index in [0.717, 1.165) is 10.9 Å². The van der Waals surface area contributed by atoms with Crippen molar-refractivity contribution >= 4 is 16.9 Å². The standard InChI is InChI=1S/C18H15NO3/c20-17(21)11-14-7-4-8-15-16(9-10-19-18(14)15)22-12-13-5-2-1-3-6-13/h1-10H,11-12H2,(H,20,21). The van der Waals surface area contributed by atoms with Crippen molar-refractivity contribution in [1.82, 2.24) is 4.98 Å². The van der Waals surface area contributed by atoms with Crippen molar-refractivity contribution in [2.24, 2.45) is 0 Å². The number of para-hydroxylation sites is 1. The fourth-order valence-electron chi connectivity index (χ4n) is 2.38. The maximum absolute atomic E-state index is 10.9. The van der Waals surface area contributed by atoms with Crippen molar-refractivity contribution in [1.29, 1.82) is 0 Å². The third-order valence-corrected chi connectivity index (χ3v) is 3.39. The van der Waals surface area contributed by atoms with Gasteiger partial charge in [-0.2, -0.15) is 0 Å². The van der Waals surface area contributed by atoms with E-state index < -0.39 is 5.97 Å². The van der Waals surface area contributed by atoms with Crippen molar-refractivity contribution in [3.8, 4) is 5.75 Å². The summed E-state index contributed by atoms with van der Waals surface area (Å²) in [7, 11) is 0. The largest absolute Gasteiger partial charge is 0.488 e. The second kappa shape index (κ2) is 6.26. The lowest BCUT2D eigenvalue weighted by atomic mass is 10.1. The second-order valence-corrected chi connectivity index (χ2v) is 4.97. The van der Waals surface area contributed by atoms with Gasteiger partial charge in [-0.25, -0.2) is 0 Å². The van der Waals surface area contributed by atoms with Gasteiger partial charge in [-0.15, -0.1) is 0 Å². The van der Waals surface area contributed by atoms with Gasteiger partial charge in [0.05, 0.1) is 11.9 Å². The van der Waals surface area contributed by atoms with Gasteiger partial charge in [-0.05, 0) is 23.3 Å². The number of hydrogen-bond acceptors (Lipinski definition) is 3. The van der Waals surface area contributed by atoms with Crippen molar-refractivity contribution in [2.45, 2.75) is 13.0 Å². The Kier molecular flexibility index (Phi) is 4.01. The topological polar surface area (TPSA) is 59.4 Å². The van der Waals surface area contributed by atoms with Crippen molar-refractivity contribution in [3.05, 3.63) is 71.9 Å². The molecule has 3 rings (SSSR count). The Morgan fingerprint density at radius 3 is 2.64 bits per heavy atom. The molecule has 0 unspecified atom stereocenters. The van der Waals surface area contributed by atoms with Gasteiger partial charge in [-0.1, -0.05) is 42.5 Å². The van der Waals surface area contributed by atoms with E-state index in [1.807, 2.05) is 42.5 Å². The number of aliphatic carboxylic acids is 1. The van der Waals surface area contributed by atoms with Crippen LogP contribution < -0.4 is 4.74 Å². The van der Waals surface area contributed by atoms with Crippen molar-refractivity contribution in [2.75, 3.05) is 0 Å². The van der Waals surface area contributed by atoms with E-state index in [0.29, 0.717) is 23.4 Å². The zero-order valence-corrected chi connectivity index (χ0v) is 11.9. The molecule has 0 aliphatic heterocycles. The fraction of sp³-hybridized carbons (Fsp3) is 0.111. The van der Waals surface area contributed by atoms with Gasteiger partial charge >= 0.3 is 5.97 Å². The second-order valence-electron chi connectivity index (χ2n) is 4.97. The van der Waals surface area contributed by atoms with Gasteiger partial charge in [0.2, 0.25) is 0 Å². The van der Waals surface area contributed by atoms with E-state index in [2.05, 4.69) is 4.98 Å². The minimum Gasteiger partial charge on any atom is -0.488 e. The van der Waals surface area contributed by atoms with Crippen LogP contribution in [0.4, 0.5) is 0 Å². The SMILES string of the molecule is O=C(O)Cc1cccc2c(OCc3ccccc3)ccnc12. The molecule has 0 radical (unpaired) electrons. The lowest BCUT2D eigenvalue weighted by molar-refractivity contribution is -0.136. The molecule has 2 aromatic carbocycles. The van der Waals surface area contributed by atoms with Crippen LogP contribution in [0.5, 0.6) is 5.75 Å². The molecule has 1 N–H and O–H groups in total. The average molecular weight is 293 g/mol. The molecule has 0 saturated heterocycles. The van der Waals surface area contributed by atoms with E-state index >= 15 is 0 Å². The quantitative estimate of drug-likeness (QED) is 0.783. The van der Waals surface area contributed by atoms with Crippen LogP contribution in [-0.2, 0) is 17.8 Å². The summed E-state index contributed by atoms with van der Waals surface area (Å²) in [6, 6.07) is 17.2. The van der Waals surface area contributed by atoms with Crippen molar-refractivity contribution < 1.29 is 14.6 Å². The highest BCUT2D eigenvalue weighted by molar-refractivity contribution is 5.89. The summed E-state index contributed by atoms with van der Waals surface area (Å²) in [5.41, 5.74) is 2.44. The molecule has 0 spiro atoms. The number of pyridine rings is 1. The Labute approximate surface area is 128 Å². The molecule has 0 aliphatic rings. The Morgan fingerprint density at radius 2 is 1.86 bits per heavy atom. The normalized spacial score (nSPS) is 10.5. The molecular formula is C18H15NO3. The molecule has 3 aromatic rings. The molecule has 0 atom stereocenters. The van der Waals surface area contributed by atoms with Crippen LogP contribution in [0.1, 0.15) is 11.1 Å². The molecule has 4 nitrogen and oxygen atoms in total. The number of hydrogen-bond donors (Lipinski definition) is 1. The summed E-state index contributed by atoms with van der Waals surface area (Å²) in [5.74, 6) is -0.161. The predicted molar refractivity (Wildman–Crippen MR) is 83.9 cm³/mol. The molecule has 0 bridgehead atoms. The summed E-state index contributed by atoms with van der Waals surface area (Å²) in [6.45, 7) is 0.461. The molecule has 1 aromatic heterocycles. The molecule has 0 fully saturated rings. The van der Waals surface area contributed by atoms with Crippen LogP contribution in [0, 0.1) is 0 Å². The smallest absolute Gasteiger partial charge is 0.307 e. The summed E-state index contributed by atoms with van der Waals surface area (Å²) in [5, 5.41) is 9.82. The lowest BCUT2D eigenvalue weighted by Gasteiger charge is -2.10. The number of aromatic nitrogens is 1. The van der Waals surface area contributed by atoms with E-state index in [1.165, 1.54) is 0 Å². The van der Waals surface area contributed by atoms with Crippen LogP contribution in [0.2, 0.25) is 0 Å². The first kappa shape index (κ1) is 14.1. The van der Waals surface area contributed by atoms with E-state index in [-0.39, 0.29) is 6.42 Å². The van der Waals surface area contributed by atoms with Crippen LogP contribution in [0.15, 0.2) is 60.8 Å². The zero-order chi connectivity index (χ0) is 15.4. The number of fused-ring (bicyclic) bond motifs is 1. The zero-order valence-electron chi connectivity index (χ0n) is 11.9. The Bertz CT molecular complexity index is 800.